The molecule has 4 aromatic heterocycles. The van der Waals surface area contributed by atoms with Gasteiger partial charge in [-0.25, -0.2) is 14.5 Å². The summed E-state index contributed by atoms with van der Waals surface area (Å²) >= 11 is 1.69. The highest BCUT2D eigenvalue weighted by Gasteiger charge is 2.35. The summed E-state index contributed by atoms with van der Waals surface area (Å²) in [5.74, 6) is 0.863. The van der Waals surface area contributed by atoms with E-state index in [9.17, 15) is 13.2 Å². The van der Waals surface area contributed by atoms with E-state index >= 15 is 0 Å². The summed E-state index contributed by atoms with van der Waals surface area (Å²) in [6.07, 6.45) is 1.41. The minimum atomic E-state index is -4.48. The van der Waals surface area contributed by atoms with Crippen molar-refractivity contribution < 1.29 is 13.2 Å². The van der Waals surface area contributed by atoms with Crippen molar-refractivity contribution in [3.8, 4) is 11.5 Å². The summed E-state index contributed by atoms with van der Waals surface area (Å²) in [6, 6.07) is 0.980. The molecule has 0 amide bonds. The molecule has 1 unspecified atom stereocenters. The van der Waals surface area contributed by atoms with Gasteiger partial charge in [0.15, 0.2) is 5.65 Å². The zero-order valence-corrected chi connectivity index (χ0v) is 16.1. The normalized spacial score (nSPS) is 17.5. The van der Waals surface area contributed by atoms with Crippen LogP contribution in [0.4, 0.5) is 13.2 Å². The lowest BCUT2D eigenvalue weighted by Gasteiger charge is -2.20. The number of halogens is 3. The first-order valence-corrected chi connectivity index (χ1v) is 9.94. The van der Waals surface area contributed by atoms with Gasteiger partial charge >= 0.3 is 6.18 Å². The lowest BCUT2D eigenvalue weighted by Crippen LogP contribution is -2.11. The standard InChI is InChI=1S/C18H17F3N6S/c1-3-9-4-5-10-12(6-9)28-17-14(10)16-23-15(25-27(16)8-22-17)11-7-13(18(19,20)21)26(2)24-11/h7-9H,3-6H2,1-2H3. The Labute approximate surface area is 162 Å². The van der Waals surface area contributed by atoms with Crippen LogP contribution >= 0.6 is 11.3 Å². The van der Waals surface area contributed by atoms with Crippen LogP contribution < -0.4 is 0 Å². The van der Waals surface area contributed by atoms with E-state index in [-0.39, 0.29) is 11.5 Å². The highest BCUT2D eigenvalue weighted by Crippen LogP contribution is 2.39. The maximum atomic E-state index is 13.1. The van der Waals surface area contributed by atoms with Crippen molar-refractivity contribution in [1.82, 2.24) is 29.4 Å². The smallest absolute Gasteiger partial charge is 0.263 e. The van der Waals surface area contributed by atoms with Crippen molar-refractivity contribution in [1.29, 1.82) is 0 Å². The molecular formula is C18H17F3N6S. The molecule has 0 saturated carbocycles. The van der Waals surface area contributed by atoms with Crippen LogP contribution in [-0.4, -0.2) is 29.4 Å². The molecule has 4 heterocycles. The first-order valence-electron chi connectivity index (χ1n) is 9.12. The van der Waals surface area contributed by atoms with Crippen molar-refractivity contribution >= 4 is 27.2 Å². The highest BCUT2D eigenvalue weighted by atomic mass is 32.1. The van der Waals surface area contributed by atoms with E-state index in [1.807, 2.05) is 0 Å². The molecule has 0 saturated heterocycles. The quantitative estimate of drug-likeness (QED) is 0.499. The monoisotopic (exact) mass is 406 g/mol. The van der Waals surface area contributed by atoms with E-state index in [2.05, 4.69) is 27.1 Å². The fourth-order valence-corrected chi connectivity index (χ4v) is 5.24. The van der Waals surface area contributed by atoms with Gasteiger partial charge in [0.2, 0.25) is 5.82 Å². The van der Waals surface area contributed by atoms with E-state index in [0.717, 1.165) is 46.6 Å². The van der Waals surface area contributed by atoms with Gasteiger partial charge in [-0.3, -0.25) is 4.68 Å². The molecule has 0 bridgehead atoms. The zero-order valence-electron chi connectivity index (χ0n) is 15.3. The van der Waals surface area contributed by atoms with Crippen LogP contribution in [-0.2, 0) is 26.1 Å². The first kappa shape index (κ1) is 17.6. The topological polar surface area (TPSA) is 60.9 Å². The van der Waals surface area contributed by atoms with Gasteiger partial charge < -0.3 is 0 Å². The van der Waals surface area contributed by atoms with Crippen molar-refractivity contribution in [2.75, 3.05) is 0 Å². The summed E-state index contributed by atoms with van der Waals surface area (Å²) in [4.78, 5) is 11.3. The van der Waals surface area contributed by atoms with Gasteiger partial charge in [-0.15, -0.1) is 16.4 Å². The molecule has 0 aliphatic heterocycles. The second kappa shape index (κ2) is 6.00. The Morgan fingerprint density at radius 3 is 2.82 bits per heavy atom. The summed E-state index contributed by atoms with van der Waals surface area (Å²) in [5.41, 5.74) is 1.16. The SMILES string of the molecule is CCC1CCc2c(sc3ncn4nc(-c5cc(C(F)(F)F)n(C)n5)nc4c23)C1. The van der Waals surface area contributed by atoms with Gasteiger partial charge in [0.1, 0.15) is 22.5 Å². The van der Waals surface area contributed by atoms with Gasteiger partial charge in [0.25, 0.3) is 0 Å². The molecule has 1 atom stereocenters. The predicted octanol–water partition coefficient (Wildman–Crippen LogP) is 4.27. The summed E-state index contributed by atoms with van der Waals surface area (Å²) in [7, 11) is 1.27. The lowest BCUT2D eigenvalue weighted by molar-refractivity contribution is -0.143. The Bertz CT molecular complexity index is 1200. The largest absolute Gasteiger partial charge is 0.433 e. The number of aromatic nitrogens is 6. The van der Waals surface area contributed by atoms with E-state index in [0.29, 0.717) is 11.6 Å². The highest BCUT2D eigenvalue weighted by molar-refractivity contribution is 7.19. The Hall–Kier alpha value is -2.49. The molecule has 28 heavy (non-hydrogen) atoms. The summed E-state index contributed by atoms with van der Waals surface area (Å²) < 4.78 is 41.6. The Balaban J connectivity index is 1.66. The van der Waals surface area contributed by atoms with Crippen molar-refractivity contribution in [2.24, 2.45) is 13.0 Å². The fraction of sp³-hybridized carbons (Fsp3) is 0.444. The lowest BCUT2D eigenvalue weighted by atomic mass is 9.86. The maximum absolute atomic E-state index is 13.1. The minimum Gasteiger partial charge on any atom is -0.263 e. The van der Waals surface area contributed by atoms with Crippen molar-refractivity contribution in [3.05, 3.63) is 28.5 Å². The zero-order chi connectivity index (χ0) is 19.6. The van der Waals surface area contributed by atoms with Crippen LogP contribution in [0.5, 0.6) is 0 Å². The fourth-order valence-electron chi connectivity index (χ4n) is 3.94. The molecule has 0 N–H and O–H groups in total. The second-order valence-electron chi connectivity index (χ2n) is 7.19. The van der Waals surface area contributed by atoms with Gasteiger partial charge in [-0.1, -0.05) is 13.3 Å². The molecule has 10 heteroatoms. The van der Waals surface area contributed by atoms with Crippen LogP contribution in [0.1, 0.15) is 35.9 Å². The van der Waals surface area contributed by atoms with Crippen LogP contribution in [0, 0.1) is 5.92 Å². The number of hydrogen-bond acceptors (Lipinski definition) is 5. The summed E-state index contributed by atoms with van der Waals surface area (Å²) in [5, 5.41) is 9.27. The third kappa shape index (κ3) is 2.61. The van der Waals surface area contributed by atoms with E-state index in [4.69, 9.17) is 0 Å². The average Bonchev–Trinajstić information content (AvgIpc) is 3.33. The summed E-state index contributed by atoms with van der Waals surface area (Å²) in [6.45, 7) is 2.21. The second-order valence-corrected chi connectivity index (χ2v) is 8.27. The number of fused-ring (bicyclic) bond motifs is 5. The first-order chi connectivity index (χ1) is 13.3. The molecule has 0 spiro atoms. The maximum Gasteiger partial charge on any atom is 0.433 e. The third-order valence-corrected chi connectivity index (χ3v) is 6.63. The molecule has 146 valence electrons. The van der Waals surface area contributed by atoms with Crippen LogP contribution in [0.15, 0.2) is 12.4 Å². The molecule has 6 nitrogen and oxygen atoms in total. The molecule has 0 fully saturated rings. The number of alkyl halides is 3. The molecule has 4 aromatic rings. The Kier molecular flexibility index (Phi) is 3.77. The van der Waals surface area contributed by atoms with Gasteiger partial charge in [0, 0.05) is 11.9 Å². The van der Waals surface area contributed by atoms with Crippen LogP contribution in [0.2, 0.25) is 0 Å². The van der Waals surface area contributed by atoms with Gasteiger partial charge in [-0.05, 0) is 36.8 Å². The van der Waals surface area contributed by atoms with E-state index in [1.54, 1.807) is 22.2 Å². The predicted molar refractivity (Wildman–Crippen MR) is 99.2 cm³/mol. The number of thiophene rings is 1. The number of rotatable bonds is 2. The van der Waals surface area contributed by atoms with Gasteiger partial charge in [0.05, 0.1) is 5.39 Å². The average molecular weight is 406 g/mol. The Morgan fingerprint density at radius 1 is 1.29 bits per heavy atom. The van der Waals surface area contributed by atoms with Crippen LogP contribution in [0.25, 0.3) is 27.4 Å². The Morgan fingerprint density at radius 2 is 2.11 bits per heavy atom. The van der Waals surface area contributed by atoms with Crippen molar-refractivity contribution in [2.45, 2.75) is 38.8 Å². The van der Waals surface area contributed by atoms with Gasteiger partial charge in [-0.2, -0.15) is 18.3 Å². The van der Waals surface area contributed by atoms with E-state index < -0.39 is 11.9 Å². The van der Waals surface area contributed by atoms with Crippen LogP contribution in [0.3, 0.4) is 0 Å². The third-order valence-electron chi connectivity index (χ3n) is 5.46. The molecule has 1 aliphatic carbocycles. The molecule has 1 aliphatic rings. The number of hydrogen-bond donors (Lipinski definition) is 0. The molecule has 0 radical (unpaired) electrons. The molecule has 0 aromatic carbocycles. The van der Waals surface area contributed by atoms with E-state index in [1.165, 1.54) is 17.5 Å². The number of nitrogens with zero attached hydrogens (tertiary/aromatic N) is 6. The number of aryl methyl sites for hydroxylation is 2. The minimum absolute atomic E-state index is 0.0989. The van der Waals surface area contributed by atoms with Crippen molar-refractivity contribution in [3.63, 3.8) is 0 Å². The molecular weight excluding hydrogens is 389 g/mol. The molecule has 5 rings (SSSR count).